The summed E-state index contributed by atoms with van der Waals surface area (Å²) in [6, 6.07) is 13.5. The third kappa shape index (κ3) is 2.53. The first-order chi connectivity index (χ1) is 8.59. The summed E-state index contributed by atoms with van der Waals surface area (Å²) in [6.45, 7) is 1.83. The summed E-state index contributed by atoms with van der Waals surface area (Å²) in [6.07, 6.45) is 0. The van der Waals surface area contributed by atoms with Crippen molar-refractivity contribution in [1.29, 1.82) is 0 Å². The standard InChI is InChI=1S/C14H12ClNO2/c1-10-4-2-3-5-13(10)16(18)14(17)11-6-8-12(15)9-7-11/h2-9,18H,1H3. The summed E-state index contributed by atoms with van der Waals surface area (Å²) in [5.41, 5.74) is 1.67. The van der Waals surface area contributed by atoms with Gasteiger partial charge in [-0.15, -0.1) is 0 Å². The number of hydroxylamine groups is 1. The molecular formula is C14H12ClNO2. The Kier molecular flexibility index (Phi) is 3.65. The molecule has 2 aromatic carbocycles. The number of aryl methyl sites for hydroxylation is 1. The molecule has 1 amide bonds. The van der Waals surface area contributed by atoms with Crippen molar-refractivity contribution in [3.05, 3.63) is 64.7 Å². The Labute approximate surface area is 110 Å². The first-order valence-electron chi connectivity index (χ1n) is 5.44. The molecule has 2 rings (SSSR count). The predicted octanol–water partition coefficient (Wildman–Crippen LogP) is 3.68. The van der Waals surface area contributed by atoms with Crippen molar-refractivity contribution < 1.29 is 10.0 Å². The molecule has 0 atom stereocenters. The van der Waals surface area contributed by atoms with E-state index in [2.05, 4.69) is 0 Å². The summed E-state index contributed by atoms with van der Waals surface area (Å²) >= 11 is 5.75. The van der Waals surface area contributed by atoms with E-state index < -0.39 is 5.91 Å². The molecule has 0 aliphatic heterocycles. The monoisotopic (exact) mass is 261 g/mol. The number of para-hydroxylation sites is 1. The van der Waals surface area contributed by atoms with E-state index in [0.717, 1.165) is 5.56 Å². The van der Waals surface area contributed by atoms with Crippen molar-refractivity contribution >= 4 is 23.2 Å². The molecule has 1 N–H and O–H groups in total. The number of anilines is 1. The van der Waals surface area contributed by atoms with Gasteiger partial charge in [0, 0.05) is 10.6 Å². The number of hydrogen-bond donors (Lipinski definition) is 1. The number of nitrogens with zero attached hydrogens (tertiary/aromatic N) is 1. The van der Waals surface area contributed by atoms with E-state index in [0.29, 0.717) is 21.3 Å². The van der Waals surface area contributed by atoms with E-state index in [1.165, 1.54) is 0 Å². The first kappa shape index (κ1) is 12.6. The van der Waals surface area contributed by atoms with Gasteiger partial charge in [0.15, 0.2) is 0 Å². The van der Waals surface area contributed by atoms with Gasteiger partial charge in [0.25, 0.3) is 5.91 Å². The van der Waals surface area contributed by atoms with Crippen LogP contribution in [0.25, 0.3) is 0 Å². The Balaban J connectivity index is 2.29. The molecule has 0 aliphatic rings. The Morgan fingerprint density at radius 3 is 2.33 bits per heavy atom. The van der Waals surface area contributed by atoms with E-state index in [4.69, 9.17) is 11.6 Å². The lowest BCUT2D eigenvalue weighted by Gasteiger charge is -2.17. The van der Waals surface area contributed by atoms with Crippen LogP contribution in [0.1, 0.15) is 15.9 Å². The van der Waals surface area contributed by atoms with E-state index >= 15 is 0 Å². The summed E-state index contributed by atoms with van der Waals surface area (Å²) in [4.78, 5) is 12.0. The largest absolute Gasteiger partial charge is 0.281 e. The van der Waals surface area contributed by atoms with Crippen LogP contribution in [0.15, 0.2) is 48.5 Å². The van der Waals surface area contributed by atoms with Gasteiger partial charge >= 0.3 is 0 Å². The number of hydrogen-bond acceptors (Lipinski definition) is 2. The summed E-state index contributed by atoms with van der Waals surface area (Å²) < 4.78 is 0. The molecule has 0 aliphatic carbocycles. The minimum absolute atomic E-state index is 0.380. The highest BCUT2D eigenvalue weighted by molar-refractivity contribution is 6.30. The average molecular weight is 262 g/mol. The van der Waals surface area contributed by atoms with Gasteiger partial charge in [-0.2, -0.15) is 5.06 Å². The summed E-state index contributed by atoms with van der Waals surface area (Å²) in [5.74, 6) is -0.485. The molecule has 92 valence electrons. The summed E-state index contributed by atoms with van der Waals surface area (Å²) in [5, 5.41) is 11.1. The molecule has 0 fully saturated rings. The highest BCUT2D eigenvalue weighted by Crippen LogP contribution is 2.20. The van der Waals surface area contributed by atoms with Gasteiger partial charge < -0.3 is 0 Å². The van der Waals surface area contributed by atoms with Crippen LogP contribution in [0.4, 0.5) is 5.69 Å². The van der Waals surface area contributed by atoms with Crippen molar-refractivity contribution in [3.8, 4) is 0 Å². The lowest BCUT2D eigenvalue weighted by Crippen LogP contribution is -2.27. The van der Waals surface area contributed by atoms with Crippen LogP contribution in [-0.2, 0) is 0 Å². The normalized spacial score (nSPS) is 10.2. The number of benzene rings is 2. The third-order valence-electron chi connectivity index (χ3n) is 2.63. The van der Waals surface area contributed by atoms with Crippen LogP contribution >= 0.6 is 11.6 Å². The minimum atomic E-state index is -0.485. The number of amides is 1. The molecule has 18 heavy (non-hydrogen) atoms. The second kappa shape index (κ2) is 5.21. The molecular weight excluding hydrogens is 250 g/mol. The Bertz CT molecular complexity index is 566. The topological polar surface area (TPSA) is 40.5 Å². The smallest absolute Gasteiger partial charge is 0.281 e. The number of halogens is 1. The maximum Gasteiger partial charge on any atom is 0.281 e. The zero-order chi connectivity index (χ0) is 13.1. The van der Waals surface area contributed by atoms with E-state index in [1.54, 1.807) is 36.4 Å². The molecule has 0 radical (unpaired) electrons. The van der Waals surface area contributed by atoms with Crippen molar-refractivity contribution in [3.63, 3.8) is 0 Å². The summed E-state index contributed by atoms with van der Waals surface area (Å²) in [7, 11) is 0. The Morgan fingerprint density at radius 2 is 1.72 bits per heavy atom. The molecule has 0 saturated heterocycles. The molecule has 0 bridgehead atoms. The van der Waals surface area contributed by atoms with Crippen molar-refractivity contribution in [1.82, 2.24) is 0 Å². The van der Waals surface area contributed by atoms with Crippen LogP contribution in [0.2, 0.25) is 5.02 Å². The predicted molar refractivity (Wildman–Crippen MR) is 71.2 cm³/mol. The lowest BCUT2D eigenvalue weighted by molar-refractivity contribution is 0.0854. The van der Waals surface area contributed by atoms with Crippen molar-refractivity contribution in [2.24, 2.45) is 0 Å². The average Bonchev–Trinajstić information content (AvgIpc) is 2.38. The first-order valence-corrected chi connectivity index (χ1v) is 5.82. The highest BCUT2D eigenvalue weighted by atomic mass is 35.5. The van der Waals surface area contributed by atoms with Gasteiger partial charge in [-0.1, -0.05) is 29.8 Å². The second-order valence-electron chi connectivity index (χ2n) is 3.91. The van der Waals surface area contributed by atoms with Gasteiger partial charge in [-0.3, -0.25) is 10.0 Å². The third-order valence-corrected chi connectivity index (χ3v) is 2.88. The molecule has 0 unspecified atom stereocenters. The van der Waals surface area contributed by atoms with Gasteiger partial charge in [0.2, 0.25) is 0 Å². The number of carbonyl (C=O) groups is 1. The molecule has 2 aromatic rings. The van der Waals surface area contributed by atoms with Crippen molar-refractivity contribution in [2.75, 3.05) is 5.06 Å². The van der Waals surface area contributed by atoms with Crippen LogP contribution in [-0.4, -0.2) is 11.1 Å². The maximum absolute atomic E-state index is 12.0. The zero-order valence-electron chi connectivity index (χ0n) is 9.80. The maximum atomic E-state index is 12.0. The number of rotatable bonds is 2. The lowest BCUT2D eigenvalue weighted by atomic mass is 10.1. The second-order valence-corrected chi connectivity index (χ2v) is 4.35. The molecule has 0 heterocycles. The molecule has 4 heteroatoms. The van der Waals surface area contributed by atoms with E-state index in [1.807, 2.05) is 19.1 Å². The fraction of sp³-hybridized carbons (Fsp3) is 0.0714. The van der Waals surface area contributed by atoms with Crippen LogP contribution < -0.4 is 5.06 Å². The fourth-order valence-corrected chi connectivity index (χ4v) is 1.75. The Hall–Kier alpha value is -1.84. The molecule has 0 saturated carbocycles. The van der Waals surface area contributed by atoms with Gasteiger partial charge in [0.1, 0.15) is 0 Å². The van der Waals surface area contributed by atoms with Crippen LogP contribution in [0, 0.1) is 6.92 Å². The SMILES string of the molecule is Cc1ccccc1N(O)C(=O)c1ccc(Cl)cc1. The van der Waals surface area contributed by atoms with E-state index in [-0.39, 0.29) is 0 Å². The molecule has 0 spiro atoms. The fourth-order valence-electron chi connectivity index (χ4n) is 1.63. The quantitative estimate of drug-likeness (QED) is 0.662. The highest BCUT2D eigenvalue weighted by Gasteiger charge is 2.16. The van der Waals surface area contributed by atoms with Gasteiger partial charge in [-0.25, -0.2) is 0 Å². The molecule has 3 nitrogen and oxygen atoms in total. The minimum Gasteiger partial charge on any atom is -0.281 e. The number of carbonyl (C=O) groups excluding carboxylic acids is 1. The van der Waals surface area contributed by atoms with Crippen molar-refractivity contribution in [2.45, 2.75) is 6.92 Å². The van der Waals surface area contributed by atoms with Gasteiger partial charge in [0.05, 0.1) is 5.69 Å². The van der Waals surface area contributed by atoms with Crippen LogP contribution in [0.3, 0.4) is 0 Å². The van der Waals surface area contributed by atoms with E-state index in [9.17, 15) is 10.0 Å². The van der Waals surface area contributed by atoms with Gasteiger partial charge in [-0.05, 0) is 42.8 Å². The zero-order valence-corrected chi connectivity index (χ0v) is 10.6. The van der Waals surface area contributed by atoms with Crippen LogP contribution in [0.5, 0.6) is 0 Å². The molecule has 0 aromatic heterocycles. The Morgan fingerprint density at radius 1 is 1.11 bits per heavy atom.